The summed E-state index contributed by atoms with van der Waals surface area (Å²) in [5.41, 5.74) is 3.03. The summed E-state index contributed by atoms with van der Waals surface area (Å²) in [6.07, 6.45) is 0.786. The highest BCUT2D eigenvalue weighted by molar-refractivity contribution is 7.87. The van der Waals surface area contributed by atoms with Gasteiger partial charge in [-0.05, 0) is 36.6 Å². The topological polar surface area (TPSA) is 119 Å². The maximum atomic E-state index is 13.0. The number of hydrogen-bond acceptors (Lipinski definition) is 5. The van der Waals surface area contributed by atoms with Gasteiger partial charge in [0.05, 0.1) is 6.10 Å². The Hall–Kier alpha value is -1.85. The van der Waals surface area contributed by atoms with Crippen molar-refractivity contribution in [1.29, 1.82) is 0 Å². The van der Waals surface area contributed by atoms with Gasteiger partial charge in [-0.25, -0.2) is 9.87 Å². The second-order valence-corrected chi connectivity index (χ2v) is 7.36. The molecule has 0 saturated carbocycles. The normalized spacial score (nSPS) is 18.3. The molecule has 138 valence electrons. The molecule has 2 atom stereocenters. The lowest BCUT2D eigenvalue weighted by Crippen LogP contribution is -2.55. The molecule has 2 rings (SSSR count). The van der Waals surface area contributed by atoms with Gasteiger partial charge in [0.25, 0.3) is 16.1 Å². The standard InChI is InChI=1S/C15H20FN3O5S/c1-10(20)14(15(21)17-22)18-25(23,24)19-8-6-12(7-9-19)11-2-4-13(16)5-3-11/h2-6,10,14,18,20,22H,7-9H2,1H3,(H,17,21)/t10-,14?/m0/s1. The summed E-state index contributed by atoms with van der Waals surface area (Å²) in [6, 6.07) is 4.40. The molecule has 1 heterocycles. The van der Waals surface area contributed by atoms with Crippen LogP contribution in [-0.4, -0.2) is 54.2 Å². The molecule has 25 heavy (non-hydrogen) atoms. The predicted molar refractivity (Wildman–Crippen MR) is 88.0 cm³/mol. The molecule has 8 nitrogen and oxygen atoms in total. The molecule has 1 aromatic rings. The van der Waals surface area contributed by atoms with E-state index in [4.69, 9.17) is 5.21 Å². The minimum Gasteiger partial charge on any atom is -0.391 e. The van der Waals surface area contributed by atoms with Crippen LogP contribution < -0.4 is 10.2 Å². The number of nitrogens with one attached hydrogen (secondary N) is 2. The molecule has 1 amide bonds. The van der Waals surface area contributed by atoms with Gasteiger partial charge in [-0.2, -0.15) is 17.4 Å². The highest BCUT2D eigenvalue weighted by atomic mass is 32.2. The Bertz CT molecular complexity index is 749. The fourth-order valence-electron chi connectivity index (χ4n) is 2.47. The second kappa shape index (κ2) is 8.02. The van der Waals surface area contributed by atoms with Crippen LogP contribution in [0.3, 0.4) is 0 Å². The molecule has 0 bridgehead atoms. The van der Waals surface area contributed by atoms with E-state index in [0.29, 0.717) is 6.42 Å². The smallest absolute Gasteiger partial charge is 0.280 e. The van der Waals surface area contributed by atoms with E-state index in [1.54, 1.807) is 18.2 Å². The first-order chi connectivity index (χ1) is 11.7. The van der Waals surface area contributed by atoms with Crippen molar-refractivity contribution in [2.24, 2.45) is 0 Å². The Morgan fingerprint density at radius 1 is 1.32 bits per heavy atom. The summed E-state index contributed by atoms with van der Waals surface area (Å²) in [5, 5.41) is 18.2. The lowest BCUT2D eigenvalue weighted by Gasteiger charge is -2.28. The van der Waals surface area contributed by atoms with Gasteiger partial charge >= 0.3 is 0 Å². The van der Waals surface area contributed by atoms with Gasteiger partial charge < -0.3 is 5.11 Å². The first kappa shape index (κ1) is 19.5. The Labute approximate surface area is 145 Å². The molecular formula is C15H20FN3O5S. The highest BCUT2D eigenvalue weighted by Gasteiger charge is 2.32. The molecule has 0 aliphatic carbocycles. The van der Waals surface area contributed by atoms with Crippen molar-refractivity contribution in [2.75, 3.05) is 13.1 Å². The van der Waals surface area contributed by atoms with E-state index < -0.39 is 28.3 Å². The zero-order valence-electron chi connectivity index (χ0n) is 13.5. The van der Waals surface area contributed by atoms with Gasteiger partial charge in [0.2, 0.25) is 0 Å². The molecule has 0 radical (unpaired) electrons. The monoisotopic (exact) mass is 373 g/mol. The largest absolute Gasteiger partial charge is 0.391 e. The highest BCUT2D eigenvalue weighted by Crippen LogP contribution is 2.23. The summed E-state index contributed by atoms with van der Waals surface area (Å²) in [6.45, 7) is 1.45. The van der Waals surface area contributed by atoms with Crippen LogP contribution in [0.1, 0.15) is 18.9 Å². The number of amides is 1. The Balaban J connectivity index is 2.09. The van der Waals surface area contributed by atoms with Gasteiger partial charge in [0.15, 0.2) is 0 Å². The number of benzene rings is 1. The summed E-state index contributed by atoms with van der Waals surface area (Å²) in [5.74, 6) is -1.40. The third-order valence-corrected chi connectivity index (χ3v) is 5.44. The Kier molecular flexibility index (Phi) is 6.25. The second-order valence-electron chi connectivity index (χ2n) is 5.66. The summed E-state index contributed by atoms with van der Waals surface area (Å²) < 4.78 is 40.9. The van der Waals surface area contributed by atoms with Gasteiger partial charge in [-0.3, -0.25) is 10.0 Å². The zero-order chi connectivity index (χ0) is 18.6. The molecule has 1 aromatic carbocycles. The third kappa shape index (κ3) is 4.83. The Morgan fingerprint density at radius 2 is 1.96 bits per heavy atom. The number of carbonyl (C=O) groups is 1. The summed E-state index contributed by atoms with van der Waals surface area (Å²) >= 11 is 0. The first-order valence-electron chi connectivity index (χ1n) is 7.59. The molecule has 1 aliphatic rings. The molecule has 0 fully saturated rings. The van der Waals surface area contributed by atoms with Gasteiger partial charge in [-0.15, -0.1) is 0 Å². The number of halogens is 1. The van der Waals surface area contributed by atoms with Crippen LogP contribution in [0, 0.1) is 5.82 Å². The van der Waals surface area contributed by atoms with Crippen LogP contribution in [0.5, 0.6) is 0 Å². The van der Waals surface area contributed by atoms with Crippen molar-refractivity contribution < 1.29 is 27.9 Å². The lowest BCUT2D eigenvalue weighted by atomic mass is 10.0. The van der Waals surface area contributed by atoms with Crippen LogP contribution in [0.2, 0.25) is 0 Å². The van der Waals surface area contributed by atoms with Crippen molar-refractivity contribution in [2.45, 2.75) is 25.5 Å². The SMILES string of the molecule is C[C@H](O)C(NS(=O)(=O)N1CC=C(c2ccc(F)cc2)CC1)C(=O)NO. The molecule has 4 N–H and O–H groups in total. The van der Waals surface area contributed by atoms with E-state index in [0.717, 1.165) is 15.4 Å². The summed E-state index contributed by atoms with van der Waals surface area (Å²) in [7, 11) is -4.05. The van der Waals surface area contributed by atoms with E-state index >= 15 is 0 Å². The van der Waals surface area contributed by atoms with E-state index in [-0.39, 0.29) is 18.9 Å². The average molecular weight is 373 g/mol. The summed E-state index contributed by atoms with van der Waals surface area (Å²) in [4.78, 5) is 11.5. The number of nitrogens with zero attached hydrogens (tertiary/aromatic N) is 1. The van der Waals surface area contributed by atoms with Crippen molar-refractivity contribution in [3.8, 4) is 0 Å². The molecule has 1 aliphatic heterocycles. The molecule has 0 aromatic heterocycles. The molecule has 1 unspecified atom stereocenters. The minimum absolute atomic E-state index is 0.0648. The lowest BCUT2D eigenvalue weighted by molar-refractivity contribution is -0.133. The number of hydroxylamine groups is 1. The van der Waals surface area contributed by atoms with Crippen molar-refractivity contribution in [1.82, 2.24) is 14.5 Å². The quantitative estimate of drug-likeness (QED) is 0.414. The molecule has 10 heteroatoms. The van der Waals surface area contributed by atoms with E-state index in [2.05, 4.69) is 4.72 Å². The van der Waals surface area contributed by atoms with Crippen LogP contribution in [0.15, 0.2) is 30.3 Å². The number of carbonyl (C=O) groups excluding carboxylic acids is 1. The fourth-order valence-corrected chi connectivity index (χ4v) is 3.85. The van der Waals surface area contributed by atoms with E-state index in [9.17, 15) is 22.7 Å². The Morgan fingerprint density at radius 3 is 2.44 bits per heavy atom. The number of hydrogen-bond donors (Lipinski definition) is 4. The van der Waals surface area contributed by atoms with Crippen LogP contribution >= 0.6 is 0 Å². The van der Waals surface area contributed by atoms with E-state index in [1.165, 1.54) is 24.5 Å². The molecule has 0 saturated heterocycles. The van der Waals surface area contributed by atoms with Crippen molar-refractivity contribution in [3.63, 3.8) is 0 Å². The number of aliphatic hydroxyl groups is 1. The van der Waals surface area contributed by atoms with Crippen molar-refractivity contribution in [3.05, 3.63) is 41.7 Å². The third-order valence-electron chi connectivity index (χ3n) is 3.88. The van der Waals surface area contributed by atoms with Crippen LogP contribution in [-0.2, 0) is 15.0 Å². The predicted octanol–water partition coefficient (Wildman–Crippen LogP) is 0.00400. The molecular weight excluding hydrogens is 353 g/mol. The van der Waals surface area contributed by atoms with Gasteiger partial charge in [0, 0.05) is 13.1 Å². The van der Waals surface area contributed by atoms with Gasteiger partial charge in [0.1, 0.15) is 11.9 Å². The average Bonchev–Trinajstić information content (AvgIpc) is 2.59. The van der Waals surface area contributed by atoms with Gasteiger partial charge in [-0.1, -0.05) is 18.2 Å². The van der Waals surface area contributed by atoms with Crippen LogP contribution in [0.25, 0.3) is 5.57 Å². The zero-order valence-corrected chi connectivity index (χ0v) is 14.3. The first-order valence-corrected chi connectivity index (χ1v) is 9.03. The number of rotatable bonds is 6. The number of aliphatic hydroxyl groups excluding tert-OH is 1. The maximum absolute atomic E-state index is 13.0. The molecule has 0 spiro atoms. The van der Waals surface area contributed by atoms with Crippen molar-refractivity contribution >= 4 is 21.7 Å². The minimum atomic E-state index is -4.05. The van der Waals surface area contributed by atoms with E-state index in [1.807, 2.05) is 0 Å². The maximum Gasteiger partial charge on any atom is 0.280 e. The fraction of sp³-hybridized carbons (Fsp3) is 0.400. The van der Waals surface area contributed by atoms with Crippen LogP contribution in [0.4, 0.5) is 4.39 Å².